The van der Waals surface area contributed by atoms with E-state index in [2.05, 4.69) is 4.84 Å². The Morgan fingerprint density at radius 3 is 2.17 bits per heavy atom. The van der Waals surface area contributed by atoms with E-state index in [1.54, 1.807) is 23.9 Å². The molecule has 2 rings (SSSR count). The number of nitrogens with one attached hydrogen (secondary N) is 1. The first-order chi connectivity index (χ1) is 10.8. The fourth-order valence-electron chi connectivity index (χ4n) is 1.64. The Balaban J connectivity index is 2.06. The second-order valence-electron chi connectivity index (χ2n) is 4.59. The zero-order chi connectivity index (χ0) is 17.0. The molecule has 0 spiro atoms. The largest absolute Gasteiger partial charge is 0.357 e. The molecule has 0 bridgehead atoms. The van der Waals surface area contributed by atoms with Crippen LogP contribution in [0.5, 0.6) is 0 Å². The van der Waals surface area contributed by atoms with Gasteiger partial charge >= 0.3 is 5.97 Å². The van der Waals surface area contributed by atoms with Gasteiger partial charge < -0.3 is 4.84 Å². The standard InChI is InChI=1S/C14H12N2O6S/c1-10-2-8-13(9-3-10)23(20,21)15-22-14(17)11-4-6-12(7-5-11)16(18)19/h2-9,15H,1H3. The minimum Gasteiger partial charge on any atom is -0.351 e. The average Bonchev–Trinajstić information content (AvgIpc) is 2.53. The van der Waals surface area contributed by atoms with E-state index in [9.17, 15) is 23.3 Å². The van der Waals surface area contributed by atoms with Crippen molar-refractivity contribution in [2.75, 3.05) is 0 Å². The molecule has 0 radical (unpaired) electrons. The lowest BCUT2D eigenvalue weighted by molar-refractivity contribution is -0.384. The number of hydrogen-bond donors (Lipinski definition) is 1. The Morgan fingerprint density at radius 1 is 1.09 bits per heavy atom. The number of rotatable bonds is 5. The molecule has 0 saturated carbocycles. The van der Waals surface area contributed by atoms with Crippen molar-refractivity contribution in [3.8, 4) is 0 Å². The number of nitro groups is 1. The highest BCUT2D eigenvalue weighted by Gasteiger charge is 2.18. The minimum atomic E-state index is -4.00. The molecule has 23 heavy (non-hydrogen) atoms. The number of nitrogens with zero attached hydrogens (tertiary/aromatic N) is 1. The molecule has 8 nitrogen and oxygen atoms in total. The van der Waals surface area contributed by atoms with Crippen LogP contribution < -0.4 is 4.89 Å². The highest BCUT2D eigenvalue weighted by atomic mass is 32.2. The lowest BCUT2D eigenvalue weighted by atomic mass is 10.2. The number of nitro benzene ring substituents is 1. The van der Waals surface area contributed by atoms with Gasteiger partial charge in [0.1, 0.15) is 0 Å². The van der Waals surface area contributed by atoms with E-state index in [1.165, 1.54) is 24.3 Å². The Morgan fingerprint density at radius 2 is 1.65 bits per heavy atom. The highest BCUT2D eigenvalue weighted by molar-refractivity contribution is 7.89. The summed E-state index contributed by atoms with van der Waals surface area (Å²) in [4.78, 5) is 27.8. The van der Waals surface area contributed by atoms with E-state index in [4.69, 9.17) is 0 Å². The lowest BCUT2D eigenvalue weighted by Gasteiger charge is -2.07. The maximum absolute atomic E-state index is 11.9. The molecule has 1 N–H and O–H groups in total. The SMILES string of the molecule is Cc1ccc(S(=O)(=O)NOC(=O)c2ccc([N+](=O)[O-])cc2)cc1. The summed E-state index contributed by atoms with van der Waals surface area (Å²) in [7, 11) is -4.00. The van der Waals surface area contributed by atoms with Crippen LogP contribution in [0.4, 0.5) is 5.69 Å². The summed E-state index contributed by atoms with van der Waals surface area (Å²) in [5.41, 5.74) is 0.663. The molecule has 0 aliphatic heterocycles. The molecule has 0 aliphatic carbocycles. The molecule has 9 heteroatoms. The maximum atomic E-state index is 11.9. The third kappa shape index (κ3) is 4.11. The summed E-state index contributed by atoms with van der Waals surface area (Å²) in [6, 6.07) is 10.5. The highest BCUT2D eigenvalue weighted by Crippen LogP contribution is 2.13. The third-order valence-electron chi connectivity index (χ3n) is 2.89. The molecule has 0 aliphatic rings. The molecule has 0 amide bonds. The molecule has 0 unspecified atom stereocenters. The van der Waals surface area contributed by atoms with Crippen molar-refractivity contribution in [3.63, 3.8) is 0 Å². The second kappa shape index (κ2) is 6.55. The zero-order valence-corrected chi connectivity index (χ0v) is 12.7. The number of sulfonamides is 1. The predicted molar refractivity (Wildman–Crippen MR) is 80.0 cm³/mol. The van der Waals surface area contributed by atoms with Crippen LogP contribution in [0.15, 0.2) is 53.4 Å². The summed E-state index contributed by atoms with van der Waals surface area (Å²) >= 11 is 0. The van der Waals surface area contributed by atoms with Gasteiger partial charge in [0.15, 0.2) is 0 Å². The molecule has 0 heterocycles. The fourth-order valence-corrected chi connectivity index (χ4v) is 2.41. The molecular formula is C14H12N2O6S. The Hall–Kier alpha value is -2.78. The zero-order valence-electron chi connectivity index (χ0n) is 11.9. The Labute approximate surface area is 131 Å². The number of carbonyl (C=O) groups is 1. The van der Waals surface area contributed by atoms with Gasteiger partial charge in [-0.2, -0.15) is 0 Å². The molecule has 2 aromatic rings. The normalized spacial score (nSPS) is 11.0. The van der Waals surface area contributed by atoms with Crippen molar-refractivity contribution in [2.24, 2.45) is 0 Å². The molecule has 0 fully saturated rings. The Bertz CT molecular complexity index is 829. The first-order valence-corrected chi connectivity index (χ1v) is 7.82. The van der Waals surface area contributed by atoms with Crippen molar-refractivity contribution >= 4 is 21.7 Å². The smallest absolute Gasteiger partial charge is 0.351 e. The number of carbonyl (C=O) groups excluding carboxylic acids is 1. The lowest BCUT2D eigenvalue weighted by Crippen LogP contribution is -2.27. The van der Waals surface area contributed by atoms with E-state index in [-0.39, 0.29) is 16.1 Å². The summed E-state index contributed by atoms with van der Waals surface area (Å²) < 4.78 is 23.9. The van der Waals surface area contributed by atoms with Crippen molar-refractivity contribution in [1.82, 2.24) is 4.89 Å². The first-order valence-electron chi connectivity index (χ1n) is 6.34. The van der Waals surface area contributed by atoms with Crippen LogP contribution in [0.1, 0.15) is 15.9 Å². The van der Waals surface area contributed by atoms with Crippen molar-refractivity contribution in [3.05, 3.63) is 69.8 Å². The van der Waals surface area contributed by atoms with Gasteiger partial charge in [-0.15, -0.1) is 0 Å². The van der Waals surface area contributed by atoms with Crippen LogP contribution in [-0.4, -0.2) is 19.3 Å². The van der Waals surface area contributed by atoms with Crippen molar-refractivity contribution < 1.29 is 23.0 Å². The number of benzene rings is 2. The molecule has 120 valence electrons. The third-order valence-corrected chi connectivity index (χ3v) is 4.08. The van der Waals surface area contributed by atoms with Crippen LogP contribution in [0, 0.1) is 17.0 Å². The van der Waals surface area contributed by atoms with E-state index in [0.29, 0.717) is 0 Å². The quantitative estimate of drug-likeness (QED) is 0.659. The Kier molecular flexibility index (Phi) is 4.72. The maximum Gasteiger partial charge on any atom is 0.357 e. The van der Waals surface area contributed by atoms with E-state index < -0.39 is 20.9 Å². The van der Waals surface area contributed by atoms with Gasteiger partial charge in [0.2, 0.25) is 0 Å². The topological polar surface area (TPSA) is 116 Å². The summed E-state index contributed by atoms with van der Waals surface area (Å²) in [6.07, 6.45) is 0. The average molecular weight is 336 g/mol. The van der Waals surface area contributed by atoms with Crippen LogP contribution >= 0.6 is 0 Å². The molecule has 0 atom stereocenters. The van der Waals surface area contributed by atoms with E-state index >= 15 is 0 Å². The van der Waals surface area contributed by atoms with Gasteiger partial charge in [0, 0.05) is 12.1 Å². The van der Waals surface area contributed by atoms with Gasteiger partial charge in [-0.1, -0.05) is 17.7 Å². The number of non-ortho nitro benzene ring substituents is 1. The van der Waals surface area contributed by atoms with E-state index in [1.807, 2.05) is 0 Å². The summed E-state index contributed by atoms with van der Waals surface area (Å²) in [6.45, 7) is 1.80. The van der Waals surface area contributed by atoms with Gasteiger partial charge in [0.25, 0.3) is 15.7 Å². The monoisotopic (exact) mass is 336 g/mol. The first kappa shape index (κ1) is 16.6. The molecular weight excluding hydrogens is 324 g/mol. The fraction of sp³-hybridized carbons (Fsp3) is 0.0714. The van der Waals surface area contributed by atoms with Gasteiger partial charge in [-0.3, -0.25) is 10.1 Å². The van der Waals surface area contributed by atoms with Gasteiger partial charge in [-0.25, -0.2) is 13.2 Å². The van der Waals surface area contributed by atoms with Crippen LogP contribution in [0.3, 0.4) is 0 Å². The number of hydrogen-bond acceptors (Lipinski definition) is 6. The van der Waals surface area contributed by atoms with Crippen molar-refractivity contribution in [2.45, 2.75) is 11.8 Å². The summed E-state index contributed by atoms with van der Waals surface area (Å²) in [5.74, 6) is -0.976. The van der Waals surface area contributed by atoms with Gasteiger partial charge in [0.05, 0.1) is 15.4 Å². The second-order valence-corrected chi connectivity index (χ2v) is 6.24. The van der Waals surface area contributed by atoms with Crippen LogP contribution in [0.2, 0.25) is 0 Å². The summed E-state index contributed by atoms with van der Waals surface area (Å²) in [5, 5.41) is 10.5. The van der Waals surface area contributed by atoms with E-state index in [0.717, 1.165) is 17.7 Å². The molecule has 0 saturated heterocycles. The van der Waals surface area contributed by atoms with Crippen molar-refractivity contribution in [1.29, 1.82) is 0 Å². The molecule has 0 aromatic heterocycles. The van der Waals surface area contributed by atoms with Crippen LogP contribution in [0.25, 0.3) is 0 Å². The minimum absolute atomic E-state index is 0.0257. The predicted octanol–water partition coefficient (Wildman–Crippen LogP) is 1.95. The number of aryl methyl sites for hydroxylation is 1. The van der Waals surface area contributed by atoms with Gasteiger partial charge in [-0.05, 0) is 36.1 Å². The van der Waals surface area contributed by atoms with Crippen LogP contribution in [-0.2, 0) is 14.9 Å². The molecule has 2 aromatic carbocycles.